The van der Waals surface area contributed by atoms with Crippen LogP contribution in [0.1, 0.15) is 5.56 Å². The zero-order chi connectivity index (χ0) is 14.8. The van der Waals surface area contributed by atoms with Gasteiger partial charge < -0.3 is 14.2 Å². The topological polar surface area (TPSA) is 43.2 Å². The monoisotopic (exact) mass is 294 g/mol. The highest BCUT2D eigenvalue weighted by Gasteiger charge is 2.17. The predicted molar refractivity (Wildman–Crippen MR) is 86.1 cm³/mol. The van der Waals surface area contributed by atoms with Crippen LogP contribution in [0.2, 0.25) is 0 Å². The molecule has 0 unspecified atom stereocenters. The number of hydrogen-bond acceptors (Lipinski definition) is 4. The van der Waals surface area contributed by atoms with E-state index in [9.17, 15) is 0 Å². The Labute approximate surface area is 129 Å². The second kappa shape index (κ2) is 5.77. The summed E-state index contributed by atoms with van der Waals surface area (Å²) < 4.78 is 7.60. The van der Waals surface area contributed by atoms with Crippen molar-refractivity contribution >= 4 is 16.9 Å². The van der Waals surface area contributed by atoms with E-state index in [-0.39, 0.29) is 0 Å². The Bertz CT molecular complexity index is 763. The fraction of sp³-hybridized carbons (Fsp3) is 0.294. The zero-order valence-corrected chi connectivity index (χ0v) is 12.4. The summed E-state index contributed by atoms with van der Waals surface area (Å²) in [6, 6.07) is 12.5. The van der Waals surface area contributed by atoms with E-state index in [0.717, 1.165) is 49.7 Å². The minimum absolute atomic E-state index is 0.753. The first-order chi connectivity index (χ1) is 10.9. The number of anilines is 1. The molecule has 0 N–H and O–H groups in total. The molecule has 5 nitrogen and oxygen atoms in total. The second-order valence-electron chi connectivity index (χ2n) is 5.46. The molecule has 1 aromatic carbocycles. The summed E-state index contributed by atoms with van der Waals surface area (Å²) >= 11 is 0. The van der Waals surface area contributed by atoms with E-state index in [1.165, 1.54) is 5.56 Å². The number of ether oxygens (including phenoxy) is 1. The van der Waals surface area contributed by atoms with Crippen LogP contribution in [0.5, 0.6) is 0 Å². The highest BCUT2D eigenvalue weighted by molar-refractivity contribution is 5.86. The fourth-order valence-electron chi connectivity index (χ4n) is 2.89. The lowest BCUT2D eigenvalue weighted by Gasteiger charge is -2.27. The van der Waals surface area contributed by atoms with Crippen LogP contribution in [-0.4, -0.2) is 40.8 Å². The molecule has 0 amide bonds. The van der Waals surface area contributed by atoms with Gasteiger partial charge in [0, 0.05) is 25.8 Å². The van der Waals surface area contributed by atoms with Gasteiger partial charge in [0.2, 0.25) is 0 Å². The molecule has 22 heavy (non-hydrogen) atoms. The van der Waals surface area contributed by atoms with Gasteiger partial charge in [-0.2, -0.15) is 0 Å². The van der Waals surface area contributed by atoms with Gasteiger partial charge in [0.25, 0.3) is 0 Å². The molecule has 4 rings (SSSR count). The summed E-state index contributed by atoms with van der Waals surface area (Å²) in [7, 11) is 0. The molecule has 0 saturated carbocycles. The molecule has 0 aliphatic carbocycles. The third kappa shape index (κ3) is 2.44. The summed E-state index contributed by atoms with van der Waals surface area (Å²) in [6.45, 7) is 4.07. The van der Waals surface area contributed by atoms with Gasteiger partial charge in [0.1, 0.15) is 5.52 Å². The summed E-state index contributed by atoms with van der Waals surface area (Å²) in [5.74, 6) is 0.965. The zero-order valence-electron chi connectivity index (χ0n) is 12.4. The molecule has 3 aromatic rings. The first-order valence-corrected chi connectivity index (χ1v) is 7.58. The van der Waals surface area contributed by atoms with Crippen molar-refractivity contribution in [3.63, 3.8) is 0 Å². The number of pyridine rings is 1. The van der Waals surface area contributed by atoms with Crippen LogP contribution >= 0.6 is 0 Å². The van der Waals surface area contributed by atoms with Crippen LogP contribution in [0.15, 0.2) is 48.9 Å². The minimum Gasteiger partial charge on any atom is -0.378 e. The molecule has 5 heteroatoms. The summed E-state index contributed by atoms with van der Waals surface area (Å²) in [6.07, 6.45) is 3.78. The number of morpholine rings is 1. The Morgan fingerprint density at radius 3 is 2.64 bits per heavy atom. The average Bonchev–Trinajstić information content (AvgIpc) is 3.00. The van der Waals surface area contributed by atoms with Crippen LogP contribution < -0.4 is 4.90 Å². The van der Waals surface area contributed by atoms with E-state index in [1.54, 1.807) is 0 Å². The van der Waals surface area contributed by atoms with Crippen LogP contribution in [0, 0.1) is 0 Å². The third-order valence-electron chi connectivity index (χ3n) is 4.03. The summed E-state index contributed by atoms with van der Waals surface area (Å²) in [5, 5.41) is 0. The number of rotatable bonds is 3. The maximum atomic E-state index is 5.42. The van der Waals surface area contributed by atoms with Crippen molar-refractivity contribution in [2.75, 3.05) is 31.2 Å². The first-order valence-electron chi connectivity index (χ1n) is 7.58. The molecule has 1 fully saturated rings. The third-order valence-corrected chi connectivity index (χ3v) is 4.03. The number of imidazole rings is 1. The van der Waals surface area contributed by atoms with Crippen molar-refractivity contribution in [1.82, 2.24) is 14.5 Å². The van der Waals surface area contributed by atoms with Gasteiger partial charge in [-0.25, -0.2) is 9.97 Å². The van der Waals surface area contributed by atoms with Crippen LogP contribution in [0.25, 0.3) is 11.0 Å². The Morgan fingerprint density at radius 1 is 1.00 bits per heavy atom. The van der Waals surface area contributed by atoms with E-state index >= 15 is 0 Å². The van der Waals surface area contributed by atoms with Crippen molar-refractivity contribution < 1.29 is 4.74 Å². The number of nitrogens with zero attached hydrogens (tertiary/aromatic N) is 4. The molecule has 2 aromatic heterocycles. The molecule has 0 spiro atoms. The van der Waals surface area contributed by atoms with E-state index < -0.39 is 0 Å². The van der Waals surface area contributed by atoms with Gasteiger partial charge in [-0.15, -0.1) is 0 Å². The van der Waals surface area contributed by atoms with Gasteiger partial charge in [-0.3, -0.25) is 0 Å². The Morgan fingerprint density at radius 2 is 1.82 bits per heavy atom. The van der Waals surface area contributed by atoms with Gasteiger partial charge in [-0.1, -0.05) is 30.3 Å². The lowest BCUT2D eigenvalue weighted by atomic mass is 10.2. The quantitative estimate of drug-likeness (QED) is 0.743. The van der Waals surface area contributed by atoms with Crippen molar-refractivity contribution in [1.29, 1.82) is 0 Å². The molecule has 0 atom stereocenters. The number of benzene rings is 1. The van der Waals surface area contributed by atoms with Crippen LogP contribution in [-0.2, 0) is 11.3 Å². The van der Waals surface area contributed by atoms with Gasteiger partial charge >= 0.3 is 0 Å². The van der Waals surface area contributed by atoms with Gasteiger partial charge in [0.15, 0.2) is 5.82 Å². The lowest BCUT2D eigenvalue weighted by molar-refractivity contribution is 0.122. The maximum Gasteiger partial charge on any atom is 0.156 e. The van der Waals surface area contributed by atoms with Crippen LogP contribution in [0.3, 0.4) is 0 Å². The van der Waals surface area contributed by atoms with Crippen LogP contribution in [0.4, 0.5) is 5.82 Å². The fourth-order valence-corrected chi connectivity index (χ4v) is 2.89. The highest BCUT2D eigenvalue weighted by atomic mass is 16.5. The summed E-state index contributed by atoms with van der Waals surface area (Å²) in [4.78, 5) is 11.4. The number of fused-ring (bicyclic) bond motifs is 1. The molecule has 3 heterocycles. The SMILES string of the molecule is c1ccc(Cn2cnc3c(N4CCOCC4)nccc32)cc1. The van der Waals surface area contributed by atoms with E-state index in [0.29, 0.717) is 0 Å². The minimum atomic E-state index is 0.753. The van der Waals surface area contributed by atoms with Gasteiger partial charge in [-0.05, 0) is 11.6 Å². The van der Waals surface area contributed by atoms with Crippen molar-refractivity contribution in [2.45, 2.75) is 6.54 Å². The second-order valence-corrected chi connectivity index (χ2v) is 5.46. The smallest absolute Gasteiger partial charge is 0.156 e. The maximum absolute atomic E-state index is 5.42. The average molecular weight is 294 g/mol. The molecule has 1 aliphatic heterocycles. The summed E-state index contributed by atoms with van der Waals surface area (Å²) in [5.41, 5.74) is 3.37. The molecule has 0 radical (unpaired) electrons. The van der Waals surface area contributed by atoms with Crippen molar-refractivity contribution in [3.8, 4) is 0 Å². The molecule has 1 saturated heterocycles. The largest absolute Gasteiger partial charge is 0.378 e. The van der Waals surface area contributed by atoms with Crippen molar-refractivity contribution in [2.24, 2.45) is 0 Å². The first kappa shape index (κ1) is 13.3. The molecule has 112 valence electrons. The van der Waals surface area contributed by atoms with E-state index in [1.807, 2.05) is 24.7 Å². The Balaban J connectivity index is 1.70. The molecular weight excluding hydrogens is 276 g/mol. The Kier molecular flexibility index (Phi) is 3.48. The number of aromatic nitrogens is 3. The standard InChI is InChI=1S/C17H18N4O/c1-2-4-14(5-3-1)12-21-13-19-16-15(21)6-7-18-17(16)20-8-10-22-11-9-20/h1-7,13H,8-12H2. The predicted octanol–water partition coefficient (Wildman–Crippen LogP) is 2.32. The molecule has 1 aliphatic rings. The van der Waals surface area contributed by atoms with E-state index in [2.05, 4.69) is 43.7 Å². The number of hydrogen-bond donors (Lipinski definition) is 0. The molecular formula is C17H18N4O. The Hall–Kier alpha value is -2.40. The highest BCUT2D eigenvalue weighted by Crippen LogP contribution is 2.24. The normalized spacial score (nSPS) is 15.4. The van der Waals surface area contributed by atoms with Crippen molar-refractivity contribution in [3.05, 3.63) is 54.5 Å². The van der Waals surface area contributed by atoms with E-state index in [4.69, 9.17) is 4.74 Å². The molecule has 0 bridgehead atoms. The lowest BCUT2D eigenvalue weighted by Crippen LogP contribution is -2.36. The van der Waals surface area contributed by atoms with Gasteiger partial charge in [0.05, 0.1) is 25.1 Å².